The van der Waals surface area contributed by atoms with Gasteiger partial charge in [-0.3, -0.25) is 14.8 Å². The highest BCUT2D eigenvalue weighted by Crippen LogP contribution is 2.28. The molecule has 2 aromatic heterocycles. The third-order valence-electron chi connectivity index (χ3n) is 2.89. The van der Waals surface area contributed by atoms with Crippen molar-refractivity contribution in [2.75, 3.05) is 5.32 Å². The Morgan fingerprint density at radius 2 is 2.00 bits per heavy atom. The van der Waals surface area contributed by atoms with Crippen LogP contribution in [-0.2, 0) is 7.05 Å². The molecule has 0 spiro atoms. The first-order valence-electron chi connectivity index (χ1n) is 6.01. The molecule has 0 unspecified atom stereocenters. The number of halogens is 2. The van der Waals surface area contributed by atoms with E-state index in [0.29, 0.717) is 15.9 Å². The Morgan fingerprint density at radius 1 is 1.29 bits per heavy atom. The molecule has 2 heterocycles. The second-order valence-corrected chi connectivity index (χ2v) is 5.53. The fourth-order valence-corrected chi connectivity index (χ4v) is 2.83. The van der Waals surface area contributed by atoms with E-state index in [0.717, 1.165) is 29.2 Å². The Kier molecular flexibility index (Phi) is 3.17. The van der Waals surface area contributed by atoms with Gasteiger partial charge in [-0.25, -0.2) is 13.8 Å². The zero-order chi connectivity index (χ0) is 15.1. The van der Waals surface area contributed by atoms with Gasteiger partial charge < -0.3 is 0 Å². The Morgan fingerprint density at radius 3 is 2.67 bits per heavy atom. The van der Waals surface area contributed by atoms with Gasteiger partial charge in [0, 0.05) is 13.1 Å². The van der Waals surface area contributed by atoms with Gasteiger partial charge in [-0.15, -0.1) is 0 Å². The molecule has 3 rings (SSSR count). The van der Waals surface area contributed by atoms with E-state index < -0.39 is 11.6 Å². The molecule has 0 aliphatic heterocycles. The number of hydrogen-bond donors (Lipinski definition) is 1. The molecule has 21 heavy (non-hydrogen) atoms. The van der Waals surface area contributed by atoms with Crippen molar-refractivity contribution >= 4 is 32.6 Å². The summed E-state index contributed by atoms with van der Waals surface area (Å²) in [6, 6.07) is 3.71. The second kappa shape index (κ2) is 4.88. The number of carbonyl (C=O) groups excluding carboxylic acids is 1. The van der Waals surface area contributed by atoms with Crippen LogP contribution in [0.2, 0.25) is 0 Å². The van der Waals surface area contributed by atoms with E-state index in [1.165, 1.54) is 4.68 Å². The number of nitrogens with one attached hydrogen (secondary N) is 1. The number of benzene rings is 1. The predicted octanol–water partition coefficient (Wildman–Crippen LogP) is 2.87. The smallest absolute Gasteiger partial charge is 0.275 e. The maximum Gasteiger partial charge on any atom is 0.275 e. The van der Waals surface area contributed by atoms with Crippen LogP contribution < -0.4 is 5.32 Å². The van der Waals surface area contributed by atoms with Crippen molar-refractivity contribution in [3.63, 3.8) is 0 Å². The van der Waals surface area contributed by atoms with Gasteiger partial charge in [0.25, 0.3) is 5.91 Å². The van der Waals surface area contributed by atoms with Gasteiger partial charge >= 0.3 is 0 Å². The van der Waals surface area contributed by atoms with Crippen molar-refractivity contribution in [3.8, 4) is 0 Å². The van der Waals surface area contributed by atoms with Gasteiger partial charge in [-0.1, -0.05) is 11.3 Å². The molecule has 0 saturated carbocycles. The average Bonchev–Trinajstić information content (AvgIpc) is 2.92. The highest BCUT2D eigenvalue weighted by atomic mass is 32.1. The van der Waals surface area contributed by atoms with Crippen LogP contribution in [0.5, 0.6) is 0 Å². The molecule has 1 N–H and O–H groups in total. The zero-order valence-corrected chi connectivity index (χ0v) is 12.0. The molecule has 0 saturated heterocycles. The van der Waals surface area contributed by atoms with Crippen LogP contribution in [0, 0.1) is 18.6 Å². The molecule has 0 atom stereocenters. The summed E-state index contributed by atoms with van der Waals surface area (Å²) in [5.41, 5.74) is 1.40. The first kappa shape index (κ1) is 13.6. The number of fused-ring (bicyclic) bond motifs is 1. The molecular formula is C13H10F2N4OS. The first-order valence-corrected chi connectivity index (χ1v) is 6.83. The van der Waals surface area contributed by atoms with Gasteiger partial charge in [0.1, 0.15) is 5.69 Å². The normalized spacial score (nSPS) is 11.0. The quantitative estimate of drug-likeness (QED) is 0.792. The van der Waals surface area contributed by atoms with E-state index in [9.17, 15) is 13.6 Å². The topological polar surface area (TPSA) is 59.8 Å². The van der Waals surface area contributed by atoms with Crippen molar-refractivity contribution in [2.45, 2.75) is 6.92 Å². The molecule has 0 bridgehead atoms. The summed E-state index contributed by atoms with van der Waals surface area (Å²) in [5.74, 6) is -2.28. The summed E-state index contributed by atoms with van der Waals surface area (Å²) in [5, 5.41) is 6.96. The molecule has 0 radical (unpaired) electrons. The average molecular weight is 308 g/mol. The maximum absolute atomic E-state index is 13.1. The number of carbonyl (C=O) groups is 1. The van der Waals surface area contributed by atoms with Crippen molar-refractivity contribution in [1.82, 2.24) is 14.8 Å². The van der Waals surface area contributed by atoms with E-state index in [1.54, 1.807) is 20.0 Å². The van der Waals surface area contributed by atoms with Crippen LogP contribution in [0.15, 0.2) is 18.2 Å². The summed E-state index contributed by atoms with van der Waals surface area (Å²) in [7, 11) is 1.66. The van der Waals surface area contributed by atoms with Crippen LogP contribution in [0.25, 0.3) is 10.2 Å². The van der Waals surface area contributed by atoms with Crippen LogP contribution in [0.4, 0.5) is 13.9 Å². The molecule has 0 aliphatic carbocycles. The van der Waals surface area contributed by atoms with Gasteiger partial charge in [0.05, 0.1) is 15.9 Å². The van der Waals surface area contributed by atoms with Gasteiger partial charge in [-0.05, 0) is 19.1 Å². The van der Waals surface area contributed by atoms with Gasteiger partial charge in [0.15, 0.2) is 16.8 Å². The Labute approximate surface area is 122 Å². The lowest BCUT2D eigenvalue weighted by molar-refractivity contribution is 0.101. The van der Waals surface area contributed by atoms with Gasteiger partial charge in [-0.2, -0.15) is 5.10 Å². The van der Waals surface area contributed by atoms with Gasteiger partial charge in [0.2, 0.25) is 0 Å². The highest BCUT2D eigenvalue weighted by molar-refractivity contribution is 7.22. The largest absolute Gasteiger partial charge is 0.296 e. The van der Waals surface area contributed by atoms with Crippen molar-refractivity contribution in [3.05, 3.63) is 41.2 Å². The minimum absolute atomic E-state index is 0.277. The number of hydrogen-bond acceptors (Lipinski definition) is 4. The minimum Gasteiger partial charge on any atom is -0.296 e. The minimum atomic E-state index is -0.965. The monoisotopic (exact) mass is 308 g/mol. The molecule has 1 amide bonds. The number of aryl methyl sites for hydroxylation is 2. The van der Waals surface area contributed by atoms with E-state index in [2.05, 4.69) is 15.4 Å². The molecule has 0 aliphatic rings. The summed E-state index contributed by atoms with van der Waals surface area (Å²) in [6.07, 6.45) is 0. The van der Waals surface area contributed by atoms with E-state index in [-0.39, 0.29) is 11.0 Å². The van der Waals surface area contributed by atoms with Crippen LogP contribution >= 0.6 is 11.3 Å². The van der Waals surface area contributed by atoms with Crippen molar-refractivity contribution in [1.29, 1.82) is 0 Å². The molecule has 108 valence electrons. The number of thiazole rings is 1. The van der Waals surface area contributed by atoms with Crippen LogP contribution in [0.3, 0.4) is 0 Å². The second-order valence-electron chi connectivity index (χ2n) is 4.50. The Bertz CT molecular complexity index is 816. The highest BCUT2D eigenvalue weighted by Gasteiger charge is 2.15. The molecule has 1 aromatic carbocycles. The standard InChI is InChI=1S/C13H10F2N4OS/c1-6-3-10(19(2)18-6)12(20)17-13-16-9-4-7(14)8(15)5-11(9)21-13/h3-5H,1-2H3,(H,16,17,20). The molecule has 8 heteroatoms. The lowest BCUT2D eigenvalue weighted by Crippen LogP contribution is -2.15. The SMILES string of the molecule is Cc1cc(C(=O)Nc2nc3cc(F)c(F)cc3s2)n(C)n1. The lowest BCUT2D eigenvalue weighted by Gasteiger charge is -2.00. The van der Waals surface area contributed by atoms with E-state index in [4.69, 9.17) is 0 Å². The van der Waals surface area contributed by atoms with Crippen molar-refractivity contribution in [2.24, 2.45) is 7.05 Å². The first-order chi connectivity index (χ1) is 9.94. The molecular weight excluding hydrogens is 298 g/mol. The molecule has 0 fully saturated rings. The van der Waals surface area contributed by atoms with Crippen LogP contribution in [-0.4, -0.2) is 20.7 Å². The van der Waals surface area contributed by atoms with E-state index in [1.807, 2.05) is 0 Å². The summed E-state index contributed by atoms with van der Waals surface area (Å²) in [6.45, 7) is 1.78. The predicted molar refractivity (Wildman–Crippen MR) is 75.4 cm³/mol. The fraction of sp³-hybridized carbons (Fsp3) is 0.154. The van der Waals surface area contributed by atoms with Crippen molar-refractivity contribution < 1.29 is 13.6 Å². The zero-order valence-electron chi connectivity index (χ0n) is 11.1. The Hall–Kier alpha value is -2.35. The van der Waals surface area contributed by atoms with Crippen LogP contribution in [0.1, 0.15) is 16.2 Å². The number of amides is 1. The number of rotatable bonds is 2. The number of nitrogens with zero attached hydrogens (tertiary/aromatic N) is 3. The Balaban J connectivity index is 1.91. The lowest BCUT2D eigenvalue weighted by atomic mass is 10.3. The summed E-state index contributed by atoms with van der Waals surface area (Å²) < 4.78 is 28.2. The number of anilines is 1. The summed E-state index contributed by atoms with van der Waals surface area (Å²) >= 11 is 1.08. The number of aromatic nitrogens is 3. The maximum atomic E-state index is 13.1. The summed E-state index contributed by atoms with van der Waals surface area (Å²) in [4.78, 5) is 16.2. The third kappa shape index (κ3) is 2.49. The third-order valence-corrected chi connectivity index (χ3v) is 3.82. The van der Waals surface area contributed by atoms with E-state index >= 15 is 0 Å². The fourth-order valence-electron chi connectivity index (χ4n) is 1.96. The molecule has 3 aromatic rings. The molecule has 5 nitrogen and oxygen atoms in total.